The van der Waals surface area contributed by atoms with Gasteiger partial charge in [-0.3, -0.25) is 0 Å². The van der Waals surface area contributed by atoms with E-state index in [1.807, 2.05) is 22.4 Å². The zero-order valence-electron chi connectivity index (χ0n) is 17.6. The fourth-order valence-electron chi connectivity index (χ4n) is 3.83. The van der Waals surface area contributed by atoms with Gasteiger partial charge >= 0.3 is 0 Å². The number of hydrogen-bond acceptors (Lipinski definition) is 8. The van der Waals surface area contributed by atoms with Crippen molar-refractivity contribution in [1.82, 2.24) is 15.0 Å². The molecular formula is C22H27FN6OS. The van der Waals surface area contributed by atoms with Gasteiger partial charge in [-0.1, -0.05) is 31.7 Å². The van der Waals surface area contributed by atoms with Gasteiger partial charge in [0.05, 0.1) is 13.7 Å². The molecule has 0 saturated heterocycles. The van der Waals surface area contributed by atoms with E-state index in [0.29, 0.717) is 30.2 Å². The smallest absolute Gasteiger partial charge is 0.236 e. The van der Waals surface area contributed by atoms with Crippen molar-refractivity contribution in [3.8, 4) is 5.75 Å². The topological polar surface area (TPSA) is 89.2 Å². The third kappa shape index (κ3) is 5.41. The average molecular weight is 443 g/mol. The molecule has 0 amide bonds. The molecule has 3 aromatic rings. The van der Waals surface area contributed by atoms with Crippen LogP contribution in [0.25, 0.3) is 0 Å². The molecule has 9 heteroatoms. The van der Waals surface area contributed by atoms with Gasteiger partial charge in [-0.15, -0.1) is 11.3 Å². The number of hydrogen-bond donors (Lipinski definition) is 2. The Bertz CT molecular complexity index is 992. The highest BCUT2D eigenvalue weighted by molar-refractivity contribution is 7.09. The van der Waals surface area contributed by atoms with E-state index in [-0.39, 0.29) is 11.7 Å². The lowest BCUT2D eigenvalue weighted by molar-refractivity contribution is 0.386. The van der Waals surface area contributed by atoms with Crippen LogP contribution in [0.3, 0.4) is 0 Å². The largest absolute Gasteiger partial charge is 0.494 e. The maximum absolute atomic E-state index is 14.5. The van der Waals surface area contributed by atoms with Crippen LogP contribution < -0.4 is 20.7 Å². The molecule has 1 fully saturated rings. The lowest BCUT2D eigenvalue weighted by Crippen LogP contribution is -2.24. The Morgan fingerprint density at radius 3 is 2.65 bits per heavy atom. The number of ether oxygens (including phenoxy) is 1. The first-order valence-corrected chi connectivity index (χ1v) is 11.4. The summed E-state index contributed by atoms with van der Waals surface area (Å²) in [4.78, 5) is 16.3. The first-order valence-electron chi connectivity index (χ1n) is 10.5. The molecule has 0 bridgehead atoms. The molecule has 3 N–H and O–H groups in total. The SMILES string of the molecule is COc1ccc(N(Cc2cccs2)c2nc(N)nc(NC3CCCCCC3)n2)cc1F. The van der Waals surface area contributed by atoms with E-state index in [2.05, 4.69) is 20.3 Å². The normalized spacial score (nSPS) is 14.8. The Morgan fingerprint density at radius 1 is 1.16 bits per heavy atom. The molecule has 4 rings (SSSR count). The van der Waals surface area contributed by atoms with Crippen molar-refractivity contribution in [3.63, 3.8) is 0 Å². The van der Waals surface area contributed by atoms with E-state index in [4.69, 9.17) is 10.5 Å². The number of nitrogens with zero attached hydrogens (tertiary/aromatic N) is 4. The molecular weight excluding hydrogens is 415 g/mol. The molecule has 0 unspecified atom stereocenters. The Morgan fingerprint density at radius 2 is 1.97 bits per heavy atom. The molecule has 0 radical (unpaired) electrons. The van der Waals surface area contributed by atoms with Crippen molar-refractivity contribution in [3.05, 3.63) is 46.4 Å². The number of benzene rings is 1. The van der Waals surface area contributed by atoms with Crippen molar-refractivity contribution >= 4 is 34.9 Å². The molecule has 1 aliphatic carbocycles. The van der Waals surface area contributed by atoms with Gasteiger partial charge in [-0.25, -0.2) is 4.39 Å². The van der Waals surface area contributed by atoms with E-state index in [1.165, 1.54) is 38.9 Å². The van der Waals surface area contributed by atoms with Crippen LogP contribution in [0.1, 0.15) is 43.4 Å². The quantitative estimate of drug-likeness (QED) is 0.490. The second-order valence-electron chi connectivity index (χ2n) is 7.63. The van der Waals surface area contributed by atoms with E-state index in [9.17, 15) is 4.39 Å². The van der Waals surface area contributed by atoms with Crippen molar-refractivity contribution in [1.29, 1.82) is 0 Å². The number of anilines is 4. The Balaban J connectivity index is 1.67. The Hall–Kier alpha value is -2.94. The molecule has 2 aromatic heterocycles. The number of nitrogen functional groups attached to an aromatic ring is 1. The number of rotatable bonds is 7. The summed E-state index contributed by atoms with van der Waals surface area (Å²) in [6.45, 7) is 0.482. The lowest BCUT2D eigenvalue weighted by atomic mass is 10.1. The highest BCUT2D eigenvalue weighted by atomic mass is 32.1. The van der Waals surface area contributed by atoms with Crippen LogP contribution in [0.15, 0.2) is 35.7 Å². The minimum absolute atomic E-state index is 0.131. The standard InChI is InChI=1S/C22H27FN6OS/c1-30-19-11-10-16(13-18(19)23)29(14-17-9-6-12-31-17)22-27-20(24)26-21(28-22)25-15-7-4-2-3-5-8-15/h6,9-13,15H,2-5,7-8,14H2,1H3,(H3,24,25,26,27,28). The zero-order valence-corrected chi connectivity index (χ0v) is 18.4. The molecule has 2 heterocycles. The van der Waals surface area contributed by atoms with Gasteiger partial charge in [0, 0.05) is 22.7 Å². The van der Waals surface area contributed by atoms with Gasteiger partial charge in [0.25, 0.3) is 0 Å². The summed E-state index contributed by atoms with van der Waals surface area (Å²) in [5, 5.41) is 5.44. The van der Waals surface area contributed by atoms with Crippen molar-refractivity contribution in [2.45, 2.75) is 51.1 Å². The monoisotopic (exact) mass is 442 g/mol. The summed E-state index contributed by atoms with van der Waals surface area (Å²) < 4.78 is 19.5. The van der Waals surface area contributed by atoms with Crippen molar-refractivity contribution in [2.75, 3.05) is 23.1 Å². The fourth-order valence-corrected chi connectivity index (χ4v) is 4.52. The fraction of sp³-hybridized carbons (Fsp3) is 0.409. The highest BCUT2D eigenvalue weighted by Gasteiger charge is 2.20. The second-order valence-corrected chi connectivity index (χ2v) is 8.67. The molecule has 1 aliphatic rings. The van der Waals surface area contributed by atoms with Crippen LogP contribution in [0.4, 0.5) is 27.9 Å². The predicted octanol–water partition coefficient (Wildman–Crippen LogP) is 5.14. The number of thiophene rings is 1. The van der Waals surface area contributed by atoms with Gasteiger partial charge in [0.15, 0.2) is 11.6 Å². The van der Waals surface area contributed by atoms with Crippen LogP contribution in [0.2, 0.25) is 0 Å². The maximum atomic E-state index is 14.5. The number of nitrogens with one attached hydrogen (secondary N) is 1. The van der Waals surface area contributed by atoms with Gasteiger partial charge in [0.1, 0.15) is 0 Å². The minimum Gasteiger partial charge on any atom is -0.494 e. The number of aromatic nitrogens is 3. The van der Waals surface area contributed by atoms with Crippen LogP contribution in [-0.2, 0) is 6.54 Å². The molecule has 1 saturated carbocycles. The van der Waals surface area contributed by atoms with Crippen molar-refractivity contribution < 1.29 is 9.13 Å². The summed E-state index contributed by atoms with van der Waals surface area (Å²) in [7, 11) is 1.44. The van der Waals surface area contributed by atoms with E-state index in [0.717, 1.165) is 17.7 Å². The highest BCUT2D eigenvalue weighted by Crippen LogP contribution is 2.31. The summed E-state index contributed by atoms with van der Waals surface area (Å²) >= 11 is 1.61. The minimum atomic E-state index is -0.449. The number of methoxy groups -OCH3 is 1. The van der Waals surface area contributed by atoms with Gasteiger partial charge in [-0.2, -0.15) is 15.0 Å². The molecule has 31 heavy (non-hydrogen) atoms. The Labute approximate surface area is 185 Å². The summed E-state index contributed by atoms with van der Waals surface area (Å²) in [5.41, 5.74) is 6.65. The maximum Gasteiger partial charge on any atom is 0.236 e. The predicted molar refractivity (Wildman–Crippen MR) is 122 cm³/mol. The summed E-state index contributed by atoms with van der Waals surface area (Å²) in [6, 6.07) is 9.13. The molecule has 164 valence electrons. The molecule has 7 nitrogen and oxygen atoms in total. The van der Waals surface area contributed by atoms with Crippen LogP contribution in [0.5, 0.6) is 5.75 Å². The average Bonchev–Trinajstić information content (AvgIpc) is 3.14. The number of halogens is 1. The van der Waals surface area contributed by atoms with E-state index in [1.54, 1.807) is 23.5 Å². The molecule has 0 atom stereocenters. The third-order valence-corrected chi connectivity index (χ3v) is 6.27. The molecule has 0 spiro atoms. The lowest BCUT2D eigenvalue weighted by Gasteiger charge is -2.24. The molecule has 1 aromatic carbocycles. The molecule has 0 aliphatic heterocycles. The van der Waals surface area contributed by atoms with Gasteiger partial charge < -0.3 is 20.7 Å². The van der Waals surface area contributed by atoms with Gasteiger partial charge in [0.2, 0.25) is 17.8 Å². The summed E-state index contributed by atoms with van der Waals surface area (Å²) in [5.74, 6) is 0.702. The zero-order chi connectivity index (χ0) is 21.6. The van der Waals surface area contributed by atoms with Gasteiger partial charge in [-0.05, 0) is 36.4 Å². The third-order valence-electron chi connectivity index (χ3n) is 5.41. The van der Waals surface area contributed by atoms with Crippen LogP contribution in [0, 0.1) is 5.82 Å². The summed E-state index contributed by atoms with van der Waals surface area (Å²) in [6.07, 6.45) is 7.09. The second kappa shape index (κ2) is 9.91. The van der Waals surface area contributed by atoms with Crippen LogP contribution >= 0.6 is 11.3 Å². The Kier molecular flexibility index (Phi) is 6.81. The first kappa shape index (κ1) is 21.3. The van der Waals surface area contributed by atoms with Crippen molar-refractivity contribution in [2.24, 2.45) is 0 Å². The number of nitrogens with two attached hydrogens (primary N) is 1. The van der Waals surface area contributed by atoms with Crippen LogP contribution in [-0.4, -0.2) is 28.1 Å². The first-order chi connectivity index (χ1) is 15.1. The van der Waals surface area contributed by atoms with E-state index >= 15 is 0 Å². The van der Waals surface area contributed by atoms with E-state index < -0.39 is 5.82 Å².